The second-order valence-corrected chi connectivity index (χ2v) is 6.00. The molecule has 2 aromatic carbocycles. The summed E-state index contributed by atoms with van der Waals surface area (Å²) in [5.41, 5.74) is 0.514. The van der Waals surface area contributed by atoms with E-state index in [1.807, 2.05) is 0 Å². The third-order valence-corrected chi connectivity index (χ3v) is 3.63. The van der Waals surface area contributed by atoms with Gasteiger partial charge >= 0.3 is 5.97 Å². The van der Waals surface area contributed by atoms with Crippen molar-refractivity contribution in [3.63, 3.8) is 0 Å². The lowest BCUT2D eigenvalue weighted by molar-refractivity contribution is -0.120. The minimum absolute atomic E-state index is 0.0798. The molecular formula is C18H18O5. The van der Waals surface area contributed by atoms with Crippen LogP contribution in [0.4, 0.5) is 0 Å². The molecule has 1 aliphatic rings. The molecule has 1 aliphatic heterocycles. The molecule has 5 nitrogen and oxygen atoms in total. The lowest BCUT2D eigenvalue weighted by atomic mass is 9.90. The number of rotatable bonds is 5. The van der Waals surface area contributed by atoms with Crippen molar-refractivity contribution in [3.05, 3.63) is 54.1 Å². The number of phenols is 1. The summed E-state index contributed by atoms with van der Waals surface area (Å²) in [5.74, 6) is 0.754. The van der Waals surface area contributed by atoms with Gasteiger partial charge in [0.15, 0.2) is 0 Å². The third kappa shape index (κ3) is 3.81. The fraction of sp³-hybridized carbons (Fsp3) is 0.278. The molecule has 2 aromatic rings. The fourth-order valence-electron chi connectivity index (χ4n) is 2.16. The molecule has 1 fully saturated rings. The summed E-state index contributed by atoms with van der Waals surface area (Å²) in [6, 6.07) is 12.8. The lowest BCUT2D eigenvalue weighted by Gasteiger charge is -2.37. The first-order valence-corrected chi connectivity index (χ1v) is 7.36. The second kappa shape index (κ2) is 6.30. The van der Waals surface area contributed by atoms with Crippen molar-refractivity contribution in [2.24, 2.45) is 5.41 Å². The van der Waals surface area contributed by atoms with Crippen molar-refractivity contribution in [3.8, 4) is 17.2 Å². The molecule has 0 unspecified atom stereocenters. The van der Waals surface area contributed by atoms with Crippen LogP contribution in [0.1, 0.15) is 17.3 Å². The maximum Gasteiger partial charge on any atom is 0.343 e. The standard InChI is InChI=1S/C18H18O5/c1-18(10-21-11-18)12-22-15-6-2-13(3-7-15)17(20)23-16-8-4-14(19)5-9-16/h2-9,19H,10-12H2,1H3. The van der Waals surface area contributed by atoms with Crippen LogP contribution in [-0.4, -0.2) is 30.9 Å². The van der Waals surface area contributed by atoms with E-state index in [2.05, 4.69) is 6.92 Å². The van der Waals surface area contributed by atoms with Gasteiger partial charge < -0.3 is 19.3 Å². The van der Waals surface area contributed by atoms with Crippen molar-refractivity contribution in [2.45, 2.75) is 6.92 Å². The lowest BCUT2D eigenvalue weighted by Crippen LogP contribution is -2.44. The first kappa shape index (κ1) is 15.4. The zero-order chi connectivity index (χ0) is 16.3. The van der Waals surface area contributed by atoms with Crippen LogP contribution < -0.4 is 9.47 Å². The van der Waals surface area contributed by atoms with E-state index in [1.165, 1.54) is 24.3 Å². The van der Waals surface area contributed by atoms with Crippen molar-refractivity contribution in [1.29, 1.82) is 0 Å². The highest BCUT2D eigenvalue weighted by molar-refractivity contribution is 5.91. The summed E-state index contributed by atoms with van der Waals surface area (Å²) >= 11 is 0. The van der Waals surface area contributed by atoms with Crippen LogP contribution >= 0.6 is 0 Å². The molecule has 0 amide bonds. The number of hydrogen-bond donors (Lipinski definition) is 1. The average molecular weight is 314 g/mol. The highest BCUT2D eigenvalue weighted by Crippen LogP contribution is 2.27. The Hall–Kier alpha value is -2.53. The molecule has 0 aliphatic carbocycles. The van der Waals surface area contributed by atoms with E-state index in [9.17, 15) is 9.90 Å². The van der Waals surface area contributed by atoms with Crippen LogP contribution in [0.5, 0.6) is 17.2 Å². The van der Waals surface area contributed by atoms with Gasteiger partial charge in [0, 0.05) is 5.41 Å². The molecule has 1 saturated heterocycles. The van der Waals surface area contributed by atoms with Gasteiger partial charge in [0.05, 0.1) is 25.4 Å². The number of esters is 1. The molecular weight excluding hydrogens is 296 g/mol. The molecule has 1 N–H and O–H groups in total. The van der Waals surface area contributed by atoms with E-state index < -0.39 is 5.97 Å². The SMILES string of the molecule is CC1(COc2ccc(C(=O)Oc3ccc(O)cc3)cc2)COC1. The minimum atomic E-state index is -0.457. The van der Waals surface area contributed by atoms with E-state index in [-0.39, 0.29) is 11.2 Å². The Bertz CT molecular complexity index is 672. The molecule has 5 heteroatoms. The number of aromatic hydroxyl groups is 1. The van der Waals surface area contributed by atoms with Crippen molar-refractivity contribution in [2.75, 3.05) is 19.8 Å². The van der Waals surface area contributed by atoms with E-state index in [0.29, 0.717) is 36.9 Å². The van der Waals surface area contributed by atoms with Gasteiger partial charge in [-0.25, -0.2) is 4.79 Å². The maximum atomic E-state index is 12.0. The zero-order valence-corrected chi connectivity index (χ0v) is 12.8. The average Bonchev–Trinajstić information content (AvgIpc) is 2.54. The van der Waals surface area contributed by atoms with Crippen LogP contribution in [0, 0.1) is 5.41 Å². The van der Waals surface area contributed by atoms with Gasteiger partial charge in [-0.15, -0.1) is 0 Å². The number of ether oxygens (including phenoxy) is 3. The summed E-state index contributed by atoms with van der Waals surface area (Å²) in [7, 11) is 0. The van der Waals surface area contributed by atoms with Crippen molar-refractivity contribution >= 4 is 5.97 Å². The highest BCUT2D eigenvalue weighted by atomic mass is 16.5. The molecule has 1 heterocycles. The summed E-state index contributed by atoms with van der Waals surface area (Å²) < 4.78 is 16.1. The Balaban J connectivity index is 1.57. The smallest absolute Gasteiger partial charge is 0.343 e. The van der Waals surface area contributed by atoms with E-state index in [0.717, 1.165) is 0 Å². The monoisotopic (exact) mass is 314 g/mol. The van der Waals surface area contributed by atoms with Gasteiger partial charge in [-0.3, -0.25) is 0 Å². The maximum absolute atomic E-state index is 12.0. The largest absolute Gasteiger partial charge is 0.508 e. The van der Waals surface area contributed by atoms with Gasteiger partial charge in [-0.2, -0.15) is 0 Å². The number of carbonyl (C=O) groups excluding carboxylic acids is 1. The van der Waals surface area contributed by atoms with Crippen LogP contribution in [0.15, 0.2) is 48.5 Å². The molecule has 0 radical (unpaired) electrons. The van der Waals surface area contributed by atoms with Gasteiger partial charge in [-0.05, 0) is 48.5 Å². The molecule has 0 bridgehead atoms. The van der Waals surface area contributed by atoms with Crippen molar-refractivity contribution < 1.29 is 24.1 Å². The number of hydrogen-bond acceptors (Lipinski definition) is 5. The molecule has 0 spiro atoms. The highest BCUT2D eigenvalue weighted by Gasteiger charge is 2.34. The molecule has 120 valence electrons. The molecule has 3 rings (SSSR count). The Morgan fingerprint density at radius 3 is 2.26 bits per heavy atom. The topological polar surface area (TPSA) is 65.0 Å². The van der Waals surface area contributed by atoms with Gasteiger partial charge in [0.2, 0.25) is 0 Å². The van der Waals surface area contributed by atoms with Crippen LogP contribution in [0.25, 0.3) is 0 Å². The molecule has 23 heavy (non-hydrogen) atoms. The summed E-state index contributed by atoms with van der Waals surface area (Å²) in [6.45, 7) is 4.12. The Labute approximate surface area is 134 Å². The van der Waals surface area contributed by atoms with Gasteiger partial charge in [0.25, 0.3) is 0 Å². The number of carbonyl (C=O) groups is 1. The van der Waals surface area contributed by atoms with Gasteiger partial charge in [-0.1, -0.05) is 6.92 Å². The quantitative estimate of drug-likeness (QED) is 0.679. The van der Waals surface area contributed by atoms with E-state index >= 15 is 0 Å². The predicted octanol–water partition coefficient (Wildman–Crippen LogP) is 3.03. The predicted molar refractivity (Wildman–Crippen MR) is 83.9 cm³/mol. The van der Waals surface area contributed by atoms with E-state index in [1.54, 1.807) is 24.3 Å². The normalized spacial score (nSPS) is 15.5. The van der Waals surface area contributed by atoms with Gasteiger partial charge in [0.1, 0.15) is 17.2 Å². The molecule has 0 atom stereocenters. The summed E-state index contributed by atoms with van der Waals surface area (Å²) in [6.07, 6.45) is 0. The first-order valence-electron chi connectivity index (χ1n) is 7.36. The zero-order valence-electron chi connectivity index (χ0n) is 12.8. The van der Waals surface area contributed by atoms with Crippen LogP contribution in [-0.2, 0) is 4.74 Å². The molecule has 0 saturated carbocycles. The Morgan fingerprint density at radius 2 is 1.70 bits per heavy atom. The summed E-state index contributed by atoms with van der Waals surface area (Å²) in [4.78, 5) is 12.0. The fourth-order valence-corrected chi connectivity index (χ4v) is 2.16. The number of benzene rings is 2. The minimum Gasteiger partial charge on any atom is -0.508 e. The Kier molecular flexibility index (Phi) is 4.21. The van der Waals surface area contributed by atoms with Crippen molar-refractivity contribution in [1.82, 2.24) is 0 Å². The number of phenolic OH excluding ortho intramolecular Hbond substituents is 1. The van der Waals surface area contributed by atoms with E-state index in [4.69, 9.17) is 14.2 Å². The first-order chi connectivity index (χ1) is 11.0. The Morgan fingerprint density at radius 1 is 1.09 bits per heavy atom. The van der Waals surface area contributed by atoms with Crippen LogP contribution in [0.3, 0.4) is 0 Å². The van der Waals surface area contributed by atoms with Crippen LogP contribution in [0.2, 0.25) is 0 Å². The third-order valence-electron chi connectivity index (χ3n) is 3.63. The second-order valence-electron chi connectivity index (χ2n) is 6.00. The molecule has 0 aromatic heterocycles. The summed E-state index contributed by atoms with van der Waals surface area (Å²) in [5, 5.41) is 9.21.